The van der Waals surface area contributed by atoms with Crippen molar-refractivity contribution >= 4 is 0 Å². The molecule has 0 N–H and O–H groups in total. The van der Waals surface area contributed by atoms with E-state index in [0.717, 1.165) is 5.92 Å². The quantitative estimate of drug-likeness (QED) is 0.345. The summed E-state index contributed by atoms with van der Waals surface area (Å²) < 4.78 is 0. The molecule has 0 amide bonds. The summed E-state index contributed by atoms with van der Waals surface area (Å²) in [5, 5.41) is 1.53. The molecule has 0 aliphatic rings. The Hall–Kier alpha value is 1.10. The Labute approximate surface area is 137 Å². The molecule has 0 aliphatic heterocycles. The van der Waals surface area contributed by atoms with Crippen molar-refractivity contribution in [2.24, 2.45) is 5.92 Å². The minimum atomic E-state index is 0. The van der Waals surface area contributed by atoms with E-state index in [1.807, 2.05) is 0 Å². The Balaban J connectivity index is 0. The zero-order chi connectivity index (χ0) is 12.8. The van der Waals surface area contributed by atoms with Gasteiger partial charge in [-0.1, -0.05) is 0 Å². The molecule has 0 fully saturated rings. The molecule has 0 saturated heterocycles. The van der Waals surface area contributed by atoms with E-state index in [4.69, 9.17) is 0 Å². The first kappa shape index (κ1) is 21.4. The maximum absolute atomic E-state index is 2.31. The molecular formula is C16H33BrZn. The van der Waals surface area contributed by atoms with E-state index in [0.29, 0.717) is 0 Å². The van der Waals surface area contributed by atoms with Crippen LogP contribution >= 0.6 is 0 Å². The summed E-state index contributed by atoms with van der Waals surface area (Å²) in [4.78, 5) is 0. The summed E-state index contributed by atoms with van der Waals surface area (Å²) in [6.45, 7) is 4.60. The van der Waals surface area contributed by atoms with E-state index in [-0.39, 0.29) is 17.0 Å². The molecule has 0 rings (SSSR count). The van der Waals surface area contributed by atoms with Crippen molar-refractivity contribution in [3.05, 3.63) is 0 Å². The summed E-state index contributed by atoms with van der Waals surface area (Å²) >= 11 is 1.51. The van der Waals surface area contributed by atoms with Gasteiger partial charge < -0.3 is 17.0 Å². The monoisotopic (exact) mass is 368 g/mol. The Morgan fingerprint density at radius 3 is 1.50 bits per heavy atom. The predicted octanol–water partition coefficient (Wildman–Crippen LogP) is 3.29. The van der Waals surface area contributed by atoms with E-state index in [2.05, 4.69) is 13.8 Å². The van der Waals surface area contributed by atoms with Crippen LogP contribution in [0.1, 0.15) is 90.9 Å². The molecule has 0 saturated carbocycles. The zero-order valence-corrected chi connectivity index (χ0v) is 17.4. The van der Waals surface area contributed by atoms with E-state index < -0.39 is 0 Å². The Bertz CT molecular complexity index is 139. The van der Waals surface area contributed by atoms with Crippen LogP contribution < -0.4 is 17.0 Å². The van der Waals surface area contributed by atoms with E-state index in [1.165, 1.54) is 100 Å². The summed E-state index contributed by atoms with van der Waals surface area (Å²) in [7, 11) is 0. The van der Waals surface area contributed by atoms with Gasteiger partial charge in [0.15, 0.2) is 0 Å². The molecule has 2 heteroatoms. The van der Waals surface area contributed by atoms with Crippen LogP contribution in [0, 0.1) is 5.92 Å². The third-order valence-corrected chi connectivity index (χ3v) is 5.55. The number of rotatable bonds is 13. The van der Waals surface area contributed by atoms with Crippen molar-refractivity contribution in [3.8, 4) is 0 Å². The summed E-state index contributed by atoms with van der Waals surface area (Å²) in [5.41, 5.74) is 0. The van der Waals surface area contributed by atoms with Gasteiger partial charge in [0, 0.05) is 0 Å². The van der Waals surface area contributed by atoms with Crippen LogP contribution in [0.15, 0.2) is 0 Å². The van der Waals surface area contributed by atoms with E-state index in [9.17, 15) is 0 Å². The van der Waals surface area contributed by atoms with E-state index in [1.54, 1.807) is 0 Å². The molecule has 0 aromatic carbocycles. The smallest absolute Gasteiger partial charge is 1.00 e. The first-order chi connectivity index (χ1) is 8.35. The van der Waals surface area contributed by atoms with Gasteiger partial charge in [-0.05, 0) is 0 Å². The maximum atomic E-state index is 2.31. The molecule has 0 bridgehead atoms. The van der Waals surface area contributed by atoms with Crippen molar-refractivity contribution in [3.63, 3.8) is 0 Å². The molecule has 0 radical (unpaired) electrons. The second kappa shape index (κ2) is 18.1. The van der Waals surface area contributed by atoms with Crippen molar-refractivity contribution in [1.82, 2.24) is 0 Å². The standard InChI is InChI=1S/C16H33.BrH.Zn/c1-4-6-8-10-11-13-15-16(3)14-12-9-7-5-2;;/h16H,3-15H2,1-2H3;1H;/q;;+1/p-1. The number of hydrogen-bond donors (Lipinski definition) is 0. The molecule has 0 aromatic rings. The normalized spacial score (nSPS) is 12.2. The van der Waals surface area contributed by atoms with Crippen LogP contribution in [0.4, 0.5) is 0 Å². The first-order valence-corrected chi connectivity index (χ1v) is 10.2. The zero-order valence-electron chi connectivity index (χ0n) is 12.9. The van der Waals surface area contributed by atoms with Gasteiger partial charge in [0.25, 0.3) is 0 Å². The Morgan fingerprint density at radius 2 is 1.06 bits per heavy atom. The second-order valence-corrected chi connectivity index (χ2v) is 6.77. The SMILES string of the molecule is CCCCCCCCC([CH2][Zn+])CCCCCC.[Br-]. The van der Waals surface area contributed by atoms with Gasteiger partial charge in [-0.3, -0.25) is 0 Å². The molecular weight excluding hydrogens is 337 g/mol. The molecule has 1 atom stereocenters. The van der Waals surface area contributed by atoms with Gasteiger partial charge in [0.2, 0.25) is 0 Å². The maximum Gasteiger partial charge on any atom is -1.00 e. The summed E-state index contributed by atoms with van der Waals surface area (Å²) in [6, 6.07) is 0. The fourth-order valence-corrected chi connectivity index (χ4v) is 3.72. The molecule has 0 nitrogen and oxygen atoms in total. The predicted molar refractivity (Wildman–Crippen MR) is 75.0 cm³/mol. The van der Waals surface area contributed by atoms with Crippen LogP contribution in [0.5, 0.6) is 0 Å². The van der Waals surface area contributed by atoms with Crippen molar-refractivity contribution < 1.29 is 35.3 Å². The van der Waals surface area contributed by atoms with Gasteiger partial charge in [0.05, 0.1) is 0 Å². The third kappa shape index (κ3) is 15.2. The molecule has 0 aliphatic carbocycles. The average Bonchev–Trinajstić information content (AvgIpc) is 2.36. The van der Waals surface area contributed by atoms with Gasteiger partial charge in [-0.15, -0.1) is 0 Å². The van der Waals surface area contributed by atoms with Gasteiger partial charge in [-0.2, -0.15) is 0 Å². The largest absolute Gasteiger partial charge is 1.00 e. The molecule has 106 valence electrons. The fraction of sp³-hybridized carbons (Fsp3) is 1.00. The van der Waals surface area contributed by atoms with Crippen molar-refractivity contribution in [1.29, 1.82) is 0 Å². The summed E-state index contributed by atoms with van der Waals surface area (Å²) in [5.74, 6) is 1.08. The van der Waals surface area contributed by atoms with Gasteiger partial charge in [-0.25, -0.2) is 0 Å². The number of unbranched alkanes of at least 4 members (excludes halogenated alkanes) is 8. The van der Waals surface area contributed by atoms with Gasteiger partial charge >= 0.3 is 120 Å². The summed E-state index contributed by atoms with van der Waals surface area (Å²) in [6.07, 6.45) is 17.6. The Morgan fingerprint density at radius 1 is 0.667 bits per heavy atom. The second-order valence-electron chi connectivity index (χ2n) is 5.56. The average molecular weight is 371 g/mol. The third-order valence-electron chi connectivity index (χ3n) is 3.84. The molecule has 18 heavy (non-hydrogen) atoms. The van der Waals surface area contributed by atoms with Gasteiger partial charge in [0.1, 0.15) is 0 Å². The van der Waals surface area contributed by atoms with Crippen molar-refractivity contribution in [2.45, 2.75) is 95.9 Å². The van der Waals surface area contributed by atoms with Crippen LogP contribution in [0.3, 0.4) is 0 Å². The van der Waals surface area contributed by atoms with Crippen LogP contribution in [-0.4, -0.2) is 0 Å². The minimum absolute atomic E-state index is 0. The Kier molecular flexibility index (Phi) is 21.5. The van der Waals surface area contributed by atoms with E-state index >= 15 is 0 Å². The molecule has 1 unspecified atom stereocenters. The number of halogens is 1. The van der Waals surface area contributed by atoms with Crippen LogP contribution in [0.25, 0.3) is 0 Å². The van der Waals surface area contributed by atoms with Crippen LogP contribution in [-0.2, 0) is 18.3 Å². The van der Waals surface area contributed by atoms with Crippen LogP contribution in [0.2, 0.25) is 5.02 Å². The fourth-order valence-electron chi connectivity index (χ4n) is 2.51. The first-order valence-electron chi connectivity index (χ1n) is 8.14. The minimum Gasteiger partial charge on any atom is -1.00 e. The molecule has 0 spiro atoms. The molecule has 0 aromatic heterocycles. The van der Waals surface area contributed by atoms with Crippen molar-refractivity contribution in [2.75, 3.05) is 0 Å². The number of hydrogen-bond acceptors (Lipinski definition) is 0. The molecule has 0 heterocycles. The topological polar surface area (TPSA) is 0 Å².